The van der Waals surface area contributed by atoms with Crippen LogP contribution in [0.15, 0.2) is 109 Å². The van der Waals surface area contributed by atoms with E-state index in [9.17, 15) is 9.59 Å². The van der Waals surface area contributed by atoms with E-state index in [2.05, 4.69) is 35.6 Å². The first-order chi connectivity index (χ1) is 21.9. The second-order valence-corrected chi connectivity index (χ2v) is 10.7. The number of hydrogen-bond acceptors (Lipinski definition) is 6. The first-order valence-corrected chi connectivity index (χ1v) is 14.4. The molecule has 9 nitrogen and oxygen atoms in total. The number of amides is 2. The number of aromatic amines is 1. The van der Waals surface area contributed by atoms with Gasteiger partial charge >= 0.3 is 0 Å². The normalized spacial score (nSPS) is 11.1. The molecule has 0 unspecified atom stereocenters. The van der Waals surface area contributed by atoms with Crippen molar-refractivity contribution in [2.75, 3.05) is 10.6 Å². The highest BCUT2D eigenvalue weighted by molar-refractivity contribution is 6.16. The molecule has 0 aliphatic heterocycles. The van der Waals surface area contributed by atoms with Gasteiger partial charge < -0.3 is 15.6 Å². The highest BCUT2D eigenvalue weighted by atomic mass is 16.2. The fourth-order valence-corrected chi connectivity index (χ4v) is 5.31. The number of aromatic nitrogens is 5. The third-order valence-electron chi connectivity index (χ3n) is 7.45. The highest BCUT2D eigenvalue weighted by Crippen LogP contribution is 2.39. The number of carbonyl (C=O) groups excluding carboxylic acids is 2. The van der Waals surface area contributed by atoms with Gasteiger partial charge in [0.05, 0.1) is 0 Å². The van der Waals surface area contributed by atoms with Crippen LogP contribution >= 0.6 is 0 Å². The summed E-state index contributed by atoms with van der Waals surface area (Å²) in [5, 5.41) is 7.55. The molecule has 5 heterocycles. The molecular weight excluding hydrogens is 562 g/mol. The molecule has 5 aromatic heterocycles. The molecule has 7 rings (SSSR count). The van der Waals surface area contributed by atoms with Gasteiger partial charge in [-0.25, -0.2) is 19.9 Å². The summed E-state index contributed by atoms with van der Waals surface area (Å²) in [4.78, 5) is 49.3. The molecule has 0 saturated heterocycles. The summed E-state index contributed by atoms with van der Waals surface area (Å²) in [7, 11) is 0. The zero-order valence-electron chi connectivity index (χ0n) is 24.5. The van der Waals surface area contributed by atoms with E-state index >= 15 is 0 Å². The van der Waals surface area contributed by atoms with Crippen LogP contribution in [0.3, 0.4) is 0 Å². The zero-order chi connectivity index (χ0) is 30.9. The van der Waals surface area contributed by atoms with Crippen LogP contribution in [-0.4, -0.2) is 36.7 Å². The van der Waals surface area contributed by atoms with Crippen molar-refractivity contribution in [2.45, 2.75) is 13.8 Å². The maximum Gasteiger partial charge on any atom is 0.273 e. The monoisotopic (exact) mass is 589 g/mol. The molecule has 0 aliphatic carbocycles. The Hall–Kier alpha value is -6.22. The van der Waals surface area contributed by atoms with E-state index in [0.29, 0.717) is 34.1 Å². The summed E-state index contributed by atoms with van der Waals surface area (Å²) in [6, 6.07) is 33.9. The molecule has 45 heavy (non-hydrogen) atoms. The molecule has 7 aromatic rings. The van der Waals surface area contributed by atoms with E-state index in [0.717, 1.165) is 33.3 Å². The topological polar surface area (TPSA) is 126 Å². The smallest absolute Gasteiger partial charge is 0.273 e. The van der Waals surface area contributed by atoms with Gasteiger partial charge in [-0.2, -0.15) is 0 Å². The summed E-state index contributed by atoms with van der Waals surface area (Å²) >= 11 is 0. The average Bonchev–Trinajstić information content (AvgIpc) is 3.46. The lowest BCUT2D eigenvalue weighted by atomic mass is 9.94. The number of pyridine rings is 4. The SMILES string of the molecule is Cc1ccc2ccc(NC(=O)c3[nH]c(C(=O)Nc4ccc5ccc(C)nc5n4)c(-c4ccccc4)c3-c3ccccc3)nc2n1. The zero-order valence-corrected chi connectivity index (χ0v) is 24.5. The fourth-order valence-electron chi connectivity index (χ4n) is 5.31. The third kappa shape index (κ3) is 5.50. The Kier molecular flexibility index (Phi) is 7.03. The van der Waals surface area contributed by atoms with Crippen LogP contribution < -0.4 is 10.6 Å². The molecule has 2 amide bonds. The van der Waals surface area contributed by atoms with E-state index in [1.165, 1.54) is 0 Å². The van der Waals surface area contributed by atoms with E-state index in [1.54, 1.807) is 12.1 Å². The highest BCUT2D eigenvalue weighted by Gasteiger charge is 2.28. The van der Waals surface area contributed by atoms with E-state index < -0.39 is 11.8 Å². The van der Waals surface area contributed by atoms with Crippen molar-refractivity contribution in [1.29, 1.82) is 0 Å². The molecule has 2 aromatic carbocycles. The number of rotatable bonds is 6. The lowest BCUT2D eigenvalue weighted by Crippen LogP contribution is -2.17. The van der Waals surface area contributed by atoms with Gasteiger partial charge in [0.1, 0.15) is 23.0 Å². The average molecular weight is 590 g/mol. The minimum atomic E-state index is -0.451. The second kappa shape index (κ2) is 11.5. The first kappa shape index (κ1) is 27.6. The largest absolute Gasteiger partial charge is 0.345 e. The van der Waals surface area contributed by atoms with Gasteiger partial charge in [0.15, 0.2) is 11.3 Å². The van der Waals surface area contributed by atoms with Crippen LogP contribution in [-0.2, 0) is 0 Å². The quantitative estimate of drug-likeness (QED) is 0.186. The Labute approximate surface area is 258 Å². The molecule has 0 atom stereocenters. The Morgan fingerprint density at radius 3 is 1.33 bits per heavy atom. The van der Waals surface area contributed by atoms with Crippen molar-refractivity contribution in [3.63, 3.8) is 0 Å². The van der Waals surface area contributed by atoms with Crippen molar-refractivity contribution < 1.29 is 9.59 Å². The number of aryl methyl sites for hydroxylation is 2. The molecule has 218 valence electrons. The summed E-state index contributed by atoms with van der Waals surface area (Å²) in [6.45, 7) is 3.78. The predicted molar refractivity (Wildman–Crippen MR) is 176 cm³/mol. The van der Waals surface area contributed by atoms with Crippen molar-refractivity contribution in [3.8, 4) is 22.3 Å². The molecule has 0 aliphatic rings. The van der Waals surface area contributed by atoms with Crippen molar-refractivity contribution in [1.82, 2.24) is 24.9 Å². The lowest BCUT2D eigenvalue weighted by molar-refractivity contribution is 0.102. The first-order valence-electron chi connectivity index (χ1n) is 14.4. The Bertz CT molecular complexity index is 2070. The predicted octanol–water partition coefficient (Wildman–Crippen LogP) is 7.36. The van der Waals surface area contributed by atoms with Crippen molar-refractivity contribution in [2.24, 2.45) is 0 Å². The molecule has 0 saturated carbocycles. The number of anilines is 2. The third-order valence-corrected chi connectivity index (χ3v) is 7.45. The number of carbonyl (C=O) groups is 2. The summed E-state index contributed by atoms with van der Waals surface area (Å²) in [5.41, 5.74) is 5.84. The number of fused-ring (bicyclic) bond motifs is 2. The van der Waals surface area contributed by atoms with Gasteiger partial charge in [0.2, 0.25) is 0 Å². The Morgan fingerprint density at radius 1 is 0.511 bits per heavy atom. The van der Waals surface area contributed by atoms with Gasteiger partial charge in [-0.15, -0.1) is 0 Å². The Morgan fingerprint density at radius 2 is 0.911 bits per heavy atom. The summed E-state index contributed by atoms with van der Waals surface area (Å²) < 4.78 is 0. The minimum Gasteiger partial charge on any atom is -0.345 e. The maximum atomic E-state index is 14.0. The van der Waals surface area contributed by atoms with Gasteiger partial charge in [-0.1, -0.05) is 60.7 Å². The summed E-state index contributed by atoms with van der Waals surface area (Å²) in [5.74, 6) is -0.217. The molecule has 0 spiro atoms. The van der Waals surface area contributed by atoms with Crippen molar-refractivity contribution >= 4 is 45.5 Å². The maximum absolute atomic E-state index is 14.0. The number of H-pyrrole nitrogens is 1. The number of nitrogens with zero attached hydrogens (tertiary/aromatic N) is 4. The van der Waals surface area contributed by atoms with Gasteiger partial charge in [-0.3, -0.25) is 9.59 Å². The minimum absolute atomic E-state index is 0.216. The van der Waals surface area contributed by atoms with E-state index in [4.69, 9.17) is 0 Å². The van der Waals surface area contributed by atoms with Gasteiger partial charge in [0, 0.05) is 33.3 Å². The van der Waals surface area contributed by atoms with Crippen LogP contribution in [0.1, 0.15) is 32.4 Å². The lowest BCUT2D eigenvalue weighted by Gasteiger charge is -2.10. The second-order valence-electron chi connectivity index (χ2n) is 10.7. The van der Waals surface area contributed by atoms with Crippen molar-refractivity contribution in [3.05, 3.63) is 132 Å². The number of hydrogen-bond donors (Lipinski definition) is 3. The molecule has 9 heteroatoms. The number of nitrogens with one attached hydrogen (secondary N) is 3. The molecule has 0 radical (unpaired) electrons. The molecule has 0 fully saturated rings. The van der Waals surface area contributed by atoms with Crippen LogP contribution in [0.25, 0.3) is 44.3 Å². The van der Waals surface area contributed by atoms with Crippen LogP contribution in [0, 0.1) is 13.8 Å². The van der Waals surface area contributed by atoms with Gasteiger partial charge in [-0.05, 0) is 73.5 Å². The van der Waals surface area contributed by atoms with Crippen LogP contribution in [0.2, 0.25) is 0 Å². The van der Waals surface area contributed by atoms with Gasteiger partial charge in [0.25, 0.3) is 11.8 Å². The standard InChI is InChI=1S/C36H27N7O2/c1-21-13-15-25-17-19-27(39-33(25)37-21)41-35(44)31-29(23-9-5-3-6-10-23)30(24-11-7-4-8-12-24)32(43-31)36(45)42-28-20-18-26-16-14-22(2)38-34(26)40-28/h3-20,43H,1-2H3,(H,37,39,41,44)(H,38,40,42,45). The molecule has 3 N–H and O–H groups in total. The van der Waals surface area contributed by atoms with E-state index in [-0.39, 0.29) is 11.4 Å². The molecule has 0 bridgehead atoms. The summed E-state index contributed by atoms with van der Waals surface area (Å²) in [6.07, 6.45) is 0. The number of benzene rings is 2. The van der Waals surface area contributed by atoms with Crippen LogP contribution in [0.4, 0.5) is 11.6 Å². The fraction of sp³-hybridized carbons (Fsp3) is 0.0556. The van der Waals surface area contributed by atoms with Crippen LogP contribution in [0.5, 0.6) is 0 Å². The van der Waals surface area contributed by atoms with E-state index in [1.807, 2.05) is 111 Å². The Balaban J connectivity index is 1.34. The molecular formula is C36H27N7O2.